The van der Waals surface area contributed by atoms with E-state index in [4.69, 9.17) is 4.74 Å². The standard InChI is InChI=1S/C17H22FNO4/c1-12-13(17(21)22)6-4-10-19(12)16(20)9-5-11-23-15-8-3-2-7-14(15)18/h2-3,7-8,12-13H,4-6,9-11H2,1H3,(H,21,22)/t12-,13-/m1/s1. The number of carbonyl (C=O) groups is 2. The van der Waals surface area contributed by atoms with Gasteiger partial charge in [0, 0.05) is 19.0 Å². The summed E-state index contributed by atoms with van der Waals surface area (Å²) in [7, 11) is 0. The highest BCUT2D eigenvalue weighted by Gasteiger charge is 2.34. The normalized spacial score (nSPS) is 21.0. The average molecular weight is 323 g/mol. The van der Waals surface area contributed by atoms with Gasteiger partial charge in [0.05, 0.1) is 12.5 Å². The van der Waals surface area contributed by atoms with E-state index in [0.717, 1.165) is 0 Å². The number of aliphatic carboxylic acids is 1. The molecule has 1 N–H and O–H groups in total. The number of carboxylic acids is 1. The van der Waals surface area contributed by atoms with Gasteiger partial charge in [-0.25, -0.2) is 4.39 Å². The molecule has 1 aromatic carbocycles. The van der Waals surface area contributed by atoms with Gasteiger partial charge in [-0.3, -0.25) is 9.59 Å². The highest BCUT2D eigenvalue weighted by molar-refractivity contribution is 5.78. The van der Waals surface area contributed by atoms with Gasteiger partial charge < -0.3 is 14.7 Å². The highest BCUT2D eigenvalue weighted by atomic mass is 19.1. The van der Waals surface area contributed by atoms with E-state index < -0.39 is 17.7 Å². The summed E-state index contributed by atoms with van der Waals surface area (Å²) in [6.45, 7) is 2.63. The van der Waals surface area contributed by atoms with Crippen LogP contribution < -0.4 is 4.74 Å². The highest BCUT2D eigenvalue weighted by Crippen LogP contribution is 2.24. The van der Waals surface area contributed by atoms with Crippen LogP contribution in [0, 0.1) is 11.7 Å². The number of hydrogen-bond acceptors (Lipinski definition) is 3. The minimum atomic E-state index is -0.849. The summed E-state index contributed by atoms with van der Waals surface area (Å²) in [5, 5.41) is 9.18. The minimum Gasteiger partial charge on any atom is -0.491 e. The van der Waals surface area contributed by atoms with E-state index in [2.05, 4.69) is 0 Å². The number of para-hydroxylation sites is 1. The van der Waals surface area contributed by atoms with Crippen molar-refractivity contribution in [1.29, 1.82) is 0 Å². The Labute approximate surface area is 135 Å². The lowest BCUT2D eigenvalue weighted by Gasteiger charge is -2.37. The Bertz CT molecular complexity index is 563. The van der Waals surface area contributed by atoms with Gasteiger partial charge in [0.15, 0.2) is 11.6 Å². The van der Waals surface area contributed by atoms with Crippen molar-refractivity contribution in [2.75, 3.05) is 13.2 Å². The lowest BCUT2D eigenvalue weighted by atomic mass is 9.90. The van der Waals surface area contributed by atoms with Crippen LogP contribution in [-0.2, 0) is 9.59 Å². The number of amides is 1. The molecule has 0 bridgehead atoms. The van der Waals surface area contributed by atoms with E-state index in [0.29, 0.717) is 25.8 Å². The molecule has 0 aromatic heterocycles. The fourth-order valence-electron chi connectivity index (χ4n) is 2.94. The zero-order chi connectivity index (χ0) is 16.8. The molecule has 2 atom stereocenters. The Balaban J connectivity index is 1.78. The molecule has 23 heavy (non-hydrogen) atoms. The zero-order valence-electron chi connectivity index (χ0n) is 13.2. The van der Waals surface area contributed by atoms with Crippen LogP contribution in [0.25, 0.3) is 0 Å². The molecule has 6 heteroatoms. The van der Waals surface area contributed by atoms with Gasteiger partial charge in [0.1, 0.15) is 0 Å². The van der Waals surface area contributed by atoms with E-state index in [9.17, 15) is 19.1 Å². The van der Waals surface area contributed by atoms with E-state index >= 15 is 0 Å². The molecule has 0 radical (unpaired) electrons. The van der Waals surface area contributed by atoms with Gasteiger partial charge in [-0.1, -0.05) is 12.1 Å². The predicted molar refractivity (Wildman–Crippen MR) is 82.7 cm³/mol. The largest absolute Gasteiger partial charge is 0.491 e. The predicted octanol–water partition coefficient (Wildman–Crippen LogP) is 2.70. The Hall–Kier alpha value is -2.11. The number of piperidine rings is 1. The maximum absolute atomic E-state index is 13.4. The number of rotatable bonds is 6. The van der Waals surface area contributed by atoms with Gasteiger partial charge in [-0.2, -0.15) is 0 Å². The van der Waals surface area contributed by atoms with Crippen molar-refractivity contribution < 1.29 is 23.8 Å². The number of benzene rings is 1. The summed E-state index contributed by atoms with van der Waals surface area (Å²) < 4.78 is 18.7. The zero-order valence-corrected chi connectivity index (χ0v) is 13.2. The molecule has 0 unspecified atom stereocenters. The van der Waals surface area contributed by atoms with E-state index in [1.807, 2.05) is 0 Å². The van der Waals surface area contributed by atoms with Gasteiger partial charge in [-0.15, -0.1) is 0 Å². The average Bonchev–Trinajstić information content (AvgIpc) is 2.52. The van der Waals surface area contributed by atoms with E-state index in [1.165, 1.54) is 6.07 Å². The molecule has 1 fully saturated rings. The number of likely N-dealkylation sites (tertiary alicyclic amines) is 1. The van der Waals surface area contributed by atoms with Crippen molar-refractivity contribution in [3.63, 3.8) is 0 Å². The molecule has 1 heterocycles. The number of halogens is 1. The smallest absolute Gasteiger partial charge is 0.308 e. The van der Waals surface area contributed by atoms with Crippen LogP contribution in [0.15, 0.2) is 24.3 Å². The van der Waals surface area contributed by atoms with Crippen LogP contribution in [0.3, 0.4) is 0 Å². The van der Waals surface area contributed by atoms with Crippen LogP contribution in [0.2, 0.25) is 0 Å². The van der Waals surface area contributed by atoms with Crippen LogP contribution in [0.5, 0.6) is 5.75 Å². The first-order valence-electron chi connectivity index (χ1n) is 7.90. The lowest BCUT2D eigenvalue weighted by Crippen LogP contribution is -2.49. The minimum absolute atomic E-state index is 0.0689. The number of ether oxygens (including phenoxy) is 1. The van der Waals surface area contributed by atoms with Crippen molar-refractivity contribution in [2.45, 2.75) is 38.6 Å². The third-order valence-corrected chi connectivity index (χ3v) is 4.25. The molecule has 126 valence electrons. The second-order valence-electron chi connectivity index (χ2n) is 5.80. The molecule has 1 amide bonds. The number of hydrogen-bond donors (Lipinski definition) is 1. The van der Waals surface area contributed by atoms with Gasteiger partial charge in [0.2, 0.25) is 5.91 Å². The Morgan fingerprint density at radius 2 is 2.13 bits per heavy atom. The summed E-state index contributed by atoms with van der Waals surface area (Å²) in [4.78, 5) is 25.1. The Morgan fingerprint density at radius 1 is 1.39 bits per heavy atom. The third kappa shape index (κ3) is 4.43. The fourth-order valence-corrected chi connectivity index (χ4v) is 2.94. The summed E-state index contributed by atoms with van der Waals surface area (Å²) in [6, 6.07) is 5.85. The Kier molecular flexibility index (Phi) is 5.96. The van der Waals surface area contributed by atoms with Gasteiger partial charge in [0.25, 0.3) is 0 Å². The van der Waals surface area contributed by atoms with Crippen molar-refractivity contribution in [2.24, 2.45) is 5.92 Å². The lowest BCUT2D eigenvalue weighted by molar-refractivity contribution is -0.149. The second kappa shape index (κ2) is 7.94. The fraction of sp³-hybridized carbons (Fsp3) is 0.529. The van der Waals surface area contributed by atoms with Crippen molar-refractivity contribution >= 4 is 11.9 Å². The quantitative estimate of drug-likeness (QED) is 0.817. The molecule has 5 nitrogen and oxygen atoms in total. The summed E-state index contributed by atoms with van der Waals surface area (Å²) in [5.41, 5.74) is 0. The number of carbonyl (C=O) groups excluding carboxylic acids is 1. The molecule has 1 aromatic rings. The molecule has 0 spiro atoms. The maximum atomic E-state index is 13.4. The van der Waals surface area contributed by atoms with Crippen LogP contribution in [0.1, 0.15) is 32.6 Å². The van der Waals surface area contributed by atoms with Crippen LogP contribution in [0.4, 0.5) is 4.39 Å². The van der Waals surface area contributed by atoms with Crippen LogP contribution >= 0.6 is 0 Å². The SMILES string of the molecule is C[C@@H]1[C@H](C(=O)O)CCCN1C(=O)CCCOc1ccccc1F. The van der Waals surface area contributed by atoms with Crippen molar-refractivity contribution in [3.8, 4) is 5.75 Å². The van der Waals surface area contributed by atoms with Gasteiger partial charge >= 0.3 is 5.97 Å². The number of nitrogens with zero attached hydrogens (tertiary/aromatic N) is 1. The molecule has 2 rings (SSSR count). The van der Waals surface area contributed by atoms with Crippen molar-refractivity contribution in [3.05, 3.63) is 30.1 Å². The summed E-state index contributed by atoms with van der Waals surface area (Å²) in [5.74, 6) is -1.66. The number of carboxylic acid groups (broad SMARTS) is 1. The molecule has 0 aliphatic carbocycles. The maximum Gasteiger partial charge on any atom is 0.308 e. The molecular formula is C17H22FNO4. The monoisotopic (exact) mass is 323 g/mol. The van der Waals surface area contributed by atoms with E-state index in [-0.39, 0.29) is 30.7 Å². The summed E-state index contributed by atoms with van der Waals surface area (Å²) >= 11 is 0. The first-order valence-corrected chi connectivity index (χ1v) is 7.90. The van der Waals surface area contributed by atoms with E-state index in [1.54, 1.807) is 30.0 Å². The Morgan fingerprint density at radius 3 is 2.83 bits per heavy atom. The molecule has 0 saturated carbocycles. The first kappa shape index (κ1) is 17.2. The van der Waals surface area contributed by atoms with Gasteiger partial charge in [-0.05, 0) is 38.3 Å². The molecular weight excluding hydrogens is 301 g/mol. The third-order valence-electron chi connectivity index (χ3n) is 4.25. The first-order chi connectivity index (χ1) is 11.0. The van der Waals surface area contributed by atoms with Crippen LogP contribution in [-0.4, -0.2) is 41.1 Å². The molecule has 1 saturated heterocycles. The topological polar surface area (TPSA) is 66.8 Å². The molecule has 1 aliphatic rings. The summed E-state index contributed by atoms with van der Waals surface area (Å²) in [6.07, 6.45) is 2.05. The van der Waals surface area contributed by atoms with Crippen molar-refractivity contribution in [1.82, 2.24) is 4.90 Å². The molecule has 1 aliphatic heterocycles. The second-order valence-corrected chi connectivity index (χ2v) is 5.80.